The van der Waals surface area contributed by atoms with Gasteiger partial charge in [-0.15, -0.1) is 0 Å². The summed E-state index contributed by atoms with van der Waals surface area (Å²) < 4.78 is 7.10. The molecule has 0 amide bonds. The van der Waals surface area contributed by atoms with E-state index in [1.165, 1.54) is 0 Å². The van der Waals surface area contributed by atoms with Crippen molar-refractivity contribution in [3.8, 4) is 5.75 Å². The average Bonchev–Trinajstić information content (AvgIpc) is 2.67. The molecule has 2 aromatic carbocycles. The molecule has 0 unspecified atom stereocenters. The fourth-order valence-electron chi connectivity index (χ4n) is 2.97. The lowest BCUT2D eigenvalue weighted by Crippen LogP contribution is -2.48. The Morgan fingerprint density at radius 2 is 1.80 bits per heavy atom. The second-order valence-electron chi connectivity index (χ2n) is 6.14. The van der Waals surface area contributed by atoms with Gasteiger partial charge in [0.15, 0.2) is 0 Å². The molecule has 3 nitrogen and oxygen atoms in total. The van der Waals surface area contributed by atoms with Gasteiger partial charge < -0.3 is 14.5 Å². The van der Waals surface area contributed by atoms with E-state index in [9.17, 15) is 0 Å². The van der Waals surface area contributed by atoms with Crippen molar-refractivity contribution in [1.29, 1.82) is 0 Å². The molecule has 0 saturated carbocycles. The molecular formula is C20H23BrN2OS. The molecule has 2 aromatic rings. The highest BCUT2D eigenvalue weighted by molar-refractivity contribution is 9.10. The SMILES string of the molecule is CCN1CCN(C(=S)c2cc(Br)ccc2OCc2ccccc2)CC1. The Morgan fingerprint density at radius 1 is 1.08 bits per heavy atom. The van der Waals surface area contributed by atoms with Crippen molar-refractivity contribution >= 4 is 33.1 Å². The highest BCUT2D eigenvalue weighted by Crippen LogP contribution is 2.26. The van der Waals surface area contributed by atoms with Crippen LogP contribution in [0.5, 0.6) is 5.75 Å². The predicted molar refractivity (Wildman–Crippen MR) is 110 cm³/mol. The number of hydrogen-bond donors (Lipinski definition) is 0. The van der Waals surface area contributed by atoms with Gasteiger partial charge in [0, 0.05) is 30.7 Å². The van der Waals surface area contributed by atoms with E-state index < -0.39 is 0 Å². The first-order valence-electron chi connectivity index (χ1n) is 8.65. The minimum absolute atomic E-state index is 0.543. The third-order valence-electron chi connectivity index (χ3n) is 4.52. The third kappa shape index (κ3) is 4.81. The summed E-state index contributed by atoms with van der Waals surface area (Å²) in [6.45, 7) is 7.91. The first kappa shape index (κ1) is 18.4. The number of rotatable bonds is 5. The molecule has 0 N–H and O–H groups in total. The van der Waals surface area contributed by atoms with Crippen molar-refractivity contribution < 1.29 is 4.74 Å². The van der Waals surface area contributed by atoms with E-state index in [-0.39, 0.29) is 0 Å². The van der Waals surface area contributed by atoms with Gasteiger partial charge >= 0.3 is 0 Å². The summed E-state index contributed by atoms with van der Waals surface area (Å²) in [5.41, 5.74) is 2.14. The van der Waals surface area contributed by atoms with Gasteiger partial charge in [-0.05, 0) is 30.3 Å². The van der Waals surface area contributed by atoms with Crippen LogP contribution in [0.4, 0.5) is 0 Å². The summed E-state index contributed by atoms with van der Waals surface area (Å²) in [4.78, 5) is 5.62. The molecule has 0 radical (unpaired) electrons. The average molecular weight is 419 g/mol. The molecule has 0 aromatic heterocycles. The van der Waals surface area contributed by atoms with Crippen LogP contribution in [-0.2, 0) is 6.61 Å². The first-order valence-corrected chi connectivity index (χ1v) is 9.85. The summed E-state index contributed by atoms with van der Waals surface area (Å²) >= 11 is 9.36. The minimum atomic E-state index is 0.543. The summed E-state index contributed by atoms with van der Waals surface area (Å²) in [6.07, 6.45) is 0. The molecule has 25 heavy (non-hydrogen) atoms. The highest BCUT2D eigenvalue weighted by atomic mass is 79.9. The van der Waals surface area contributed by atoms with Crippen LogP contribution >= 0.6 is 28.1 Å². The Balaban J connectivity index is 1.73. The zero-order valence-corrected chi connectivity index (χ0v) is 16.9. The maximum atomic E-state index is 6.09. The normalized spacial score (nSPS) is 15.2. The topological polar surface area (TPSA) is 15.7 Å². The van der Waals surface area contributed by atoms with Gasteiger partial charge in [-0.1, -0.05) is 65.4 Å². The minimum Gasteiger partial charge on any atom is -0.488 e. The summed E-state index contributed by atoms with van der Waals surface area (Å²) in [5, 5.41) is 0. The Morgan fingerprint density at radius 3 is 2.48 bits per heavy atom. The zero-order valence-electron chi connectivity index (χ0n) is 14.5. The molecule has 0 spiro atoms. The Kier molecular flexibility index (Phi) is 6.45. The molecule has 0 bridgehead atoms. The molecule has 1 aliphatic rings. The van der Waals surface area contributed by atoms with Gasteiger partial charge in [0.05, 0.1) is 5.56 Å². The second kappa shape index (κ2) is 8.79. The van der Waals surface area contributed by atoms with Gasteiger partial charge in [0.2, 0.25) is 0 Å². The lowest BCUT2D eigenvalue weighted by atomic mass is 10.1. The van der Waals surface area contributed by atoms with Crippen molar-refractivity contribution in [2.75, 3.05) is 32.7 Å². The van der Waals surface area contributed by atoms with Crippen LogP contribution in [0, 0.1) is 0 Å². The van der Waals surface area contributed by atoms with Crippen LogP contribution in [0.3, 0.4) is 0 Å². The quantitative estimate of drug-likeness (QED) is 0.670. The van der Waals surface area contributed by atoms with E-state index in [0.29, 0.717) is 6.61 Å². The lowest BCUT2D eigenvalue weighted by Gasteiger charge is -2.36. The van der Waals surface area contributed by atoms with E-state index in [1.807, 2.05) is 30.3 Å². The van der Waals surface area contributed by atoms with Crippen LogP contribution in [-0.4, -0.2) is 47.5 Å². The number of benzene rings is 2. The van der Waals surface area contributed by atoms with Gasteiger partial charge in [0.25, 0.3) is 0 Å². The number of thiocarbonyl (C=S) groups is 1. The molecule has 1 fully saturated rings. The number of nitrogens with zero attached hydrogens (tertiary/aromatic N) is 2. The number of likely N-dealkylation sites (N-methyl/N-ethyl adjacent to an activating group) is 1. The number of halogens is 1. The molecule has 3 rings (SSSR count). The predicted octanol–water partition coefficient (Wildman–Crippen LogP) is 4.34. The monoisotopic (exact) mass is 418 g/mol. The van der Waals surface area contributed by atoms with E-state index >= 15 is 0 Å². The van der Waals surface area contributed by atoms with Gasteiger partial charge in [-0.3, -0.25) is 0 Å². The van der Waals surface area contributed by atoms with E-state index in [2.05, 4.69) is 50.9 Å². The Hall–Kier alpha value is -1.43. The summed E-state index contributed by atoms with van der Waals surface area (Å²) in [6, 6.07) is 16.3. The van der Waals surface area contributed by atoms with Crippen LogP contribution in [0.2, 0.25) is 0 Å². The van der Waals surface area contributed by atoms with Gasteiger partial charge in [0.1, 0.15) is 17.3 Å². The first-order chi connectivity index (χ1) is 12.2. The molecule has 0 atom stereocenters. The molecule has 1 heterocycles. The van der Waals surface area contributed by atoms with Crippen LogP contribution in [0.15, 0.2) is 53.0 Å². The van der Waals surface area contributed by atoms with Crippen molar-refractivity contribution in [2.45, 2.75) is 13.5 Å². The van der Waals surface area contributed by atoms with Crippen molar-refractivity contribution in [1.82, 2.24) is 9.80 Å². The van der Waals surface area contributed by atoms with Gasteiger partial charge in [-0.25, -0.2) is 0 Å². The second-order valence-corrected chi connectivity index (χ2v) is 7.44. The standard InChI is InChI=1S/C20H23BrN2OS/c1-2-22-10-12-23(13-11-22)20(25)18-14-17(21)8-9-19(18)24-15-16-6-4-3-5-7-16/h3-9,14H,2,10-13,15H2,1H3. The molecule has 5 heteroatoms. The summed E-state index contributed by atoms with van der Waals surface area (Å²) in [7, 11) is 0. The van der Waals surface area contributed by atoms with E-state index in [1.54, 1.807) is 0 Å². The maximum Gasteiger partial charge on any atom is 0.130 e. The Labute approximate surface area is 163 Å². The van der Waals surface area contributed by atoms with E-state index in [0.717, 1.165) is 59.1 Å². The number of piperazine rings is 1. The van der Waals surface area contributed by atoms with Crippen LogP contribution in [0.1, 0.15) is 18.1 Å². The fourth-order valence-corrected chi connectivity index (χ4v) is 3.67. The number of ether oxygens (including phenoxy) is 1. The Bertz CT molecular complexity index is 715. The maximum absolute atomic E-state index is 6.09. The smallest absolute Gasteiger partial charge is 0.130 e. The van der Waals surface area contributed by atoms with Gasteiger partial charge in [-0.2, -0.15) is 0 Å². The van der Waals surface area contributed by atoms with Crippen molar-refractivity contribution in [2.24, 2.45) is 0 Å². The highest BCUT2D eigenvalue weighted by Gasteiger charge is 2.21. The molecular weight excluding hydrogens is 396 g/mol. The van der Waals surface area contributed by atoms with E-state index in [4.69, 9.17) is 17.0 Å². The largest absolute Gasteiger partial charge is 0.488 e. The molecule has 0 aliphatic carbocycles. The zero-order chi connectivity index (χ0) is 17.6. The van der Waals surface area contributed by atoms with Crippen LogP contribution in [0.25, 0.3) is 0 Å². The molecule has 1 saturated heterocycles. The third-order valence-corrected chi connectivity index (χ3v) is 5.49. The lowest BCUT2D eigenvalue weighted by molar-refractivity contribution is 0.191. The molecule has 132 valence electrons. The van der Waals surface area contributed by atoms with Crippen LogP contribution < -0.4 is 4.74 Å². The number of hydrogen-bond acceptors (Lipinski definition) is 3. The van der Waals surface area contributed by atoms with Crippen molar-refractivity contribution in [3.63, 3.8) is 0 Å². The fraction of sp³-hybridized carbons (Fsp3) is 0.350. The van der Waals surface area contributed by atoms with Crippen molar-refractivity contribution in [3.05, 3.63) is 64.1 Å². The summed E-state index contributed by atoms with van der Waals surface area (Å²) in [5.74, 6) is 0.843. The molecule has 1 aliphatic heterocycles.